The third-order valence-electron chi connectivity index (χ3n) is 3.06. The Morgan fingerprint density at radius 1 is 1.36 bits per heavy atom. The van der Waals surface area contributed by atoms with Crippen molar-refractivity contribution in [2.75, 3.05) is 38.7 Å². The zero-order chi connectivity index (χ0) is 10.2. The van der Waals surface area contributed by atoms with Crippen LogP contribution in [0.15, 0.2) is 0 Å². The quantitative estimate of drug-likeness (QED) is 0.682. The van der Waals surface area contributed by atoms with E-state index in [-0.39, 0.29) is 0 Å². The summed E-state index contributed by atoms with van der Waals surface area (Å²) in [4.78, 5) is 2.53. The number of nitrogens with zero attached hydrogens (tertiary/aromatic N) is 1. The summed E-state index contributed by atoms with van der Waals surface area (Å²) in [6, 6.07) is 0.838. The van der Waals surface area contributed by atoms with Gasteiger partial charge < -0.3 is 10.2 Å². The third kappa shape index (κ3) is 4.67. The number of rotatable bonds is 6. The van der Waals surface area contributed by atoms with E-state index in [9.17, 15) is 0 Å². The van der Waals surface area contributed by atoms with Crippen molar-refractivity contribution in [1.29, 1.82) is 0 Å². The van der Waals surface area contributed by atoms with Gasteiger partial charge in [-0.3, -0.25) is 0 Å². The van der Waals surface area contributed by atoms with E-state index in [0.717, 1.165) is 12.6 Å². The Balaban J connectivity index is 1.99. The fourth-order valence-corrected chi connectivity index (χ4v) is 2.43. The lowest BCUT2D eigenvalue weighted by molar-refractivity contribution is 0.176. The van der Waals surface area contributed by atoms with Gasteiger partial charge in [0.2, 0.25) is 0 Å². The number of hydrogen-bond donors (Lipinski definition) is 1. The molecule has 0 saturated carbocycles. The highest BCUT2D eigenvalue weighted by Gasteiger charge is 2.17. The summed E-state index contributed by atoms with van der Waals surface area (Å²) in [6.07, 6.45) is 7.72. The second kappa shape index (κ2) is 7.55. The fourth-order valence-electron chi connectivity index (χ4n) is 2.08. The van der Waals surface area contributed by atoms with Crippen LogP contribution in [0.3, 0.4) is 0 Å². The third-order valence-corrected chi connectivity index (χ3v) is 3.67. The van der Waals surface area contributed by atoms with Crippen molar-refractivity contribution < 1.29 is 0 Å². The molecule has 1 aliphatic heterocycles. The first kappa shape index (κ1) is 12.3. The maximum atomic E-state index is 3.51. The molecule has 1 aliphatic rings. The summed E-state index contributed by atoms with van der Waals surface area (Å²) in [5, 5.41) is 3.51. The van der Waals surface area contributed by atoms with Gasteiger partial charge in [-0.1, -0.05) is 6.42 Å². The van der Waals surface area contributed by atoms with Gasteiger partial charge in [-0.15, -0.1) is 0 Å². The Kier molecular flexibility index (Phi) is 6.65. The van der Waals surface area contributed by atoms with Crippen molar-refractivity contribution >= 4 is 11.8 Å². The first-order chi connectivity index (χ1) is 6.84. The van der Waals surface area contributed by atoms with Gasteiger partial charge in [-0.05, 0) is 45.7 Å². The van der Waals surface area contributed by atoms with Crippen LogP contribution in [0.4, 0.5) is 0 Å². The predicted octanol–water partition coefficient (Wildman–Crippen LogP) is 1.81. The van der Waals surface area contributed by atoms with Gasteiger partial charge in [0.15, 0.2) is 0 Å². The number of hydrogen-bond acceptors (Lipinski definition) is 3. The lowest BCUT2D eigenvalue weighted by Gasteiger charge is -2.32. The van der Waals surface area contributed by atoms with E-state index >= 15 is 0 Å². The van der Waals surface area contributed by atoms with Crippen LogP contribution in [0.1, 0.15) is 25.7 Å². The summed E-state index contributed by atoms with van der Waals surface area (Å²) >= 11 is 1.92. The minimum Gasteiger partial charge on any atom is -0.316 e. The van der Waals surface area contributed by atoms with E-state index in [0.29, 0.717) is 0 Å². The molecular formula is C11H24N2S. The standard InChI is InChI=1S/C11H24N2S/c1-13-9-4-3-5-11(13)6-7-12-8-10-14-2/h11-12H,3-10H2,1-2H3. The molecule has 0 aliphatic carbocycles. The van der Waals surface area contributed by atoms with E-state index in [1.807, 2.05) is 11.8 Å². The second-order valence-electron chi connectivity index (χ2n) is 4.16. The van der Waals surface area contributed by atoms with Crippen molar-refractivity contribution in [2.24, 2.45) is 0 Å². The van der Waals surface area contributed by atoms with E-state index < -0.39 is 0 Å². The largest absolute Gasteiger partial charge is 0.316 e. The van der Waals surface area contributed by atoms with Crippen LogP contribution < -0.4 is 5.32 Å². The summed E-state index contributed by atoms with van der Waals surface area (Å²) < 4.78 is 0. The van der Waals surface area contributed by atoms with Crippen LogP contribution in [0.2, 0.25) is 0 Å². The Hall–Kier alpha value is 0.270. The highest BCUT2D eigenvalue weighted by atomic mass is 32.2. The van der Waals surface area contributed by atoms with Gasteiger partial charge in [0, 0.05) is 18.3 Å². The molecular weight excluding hydrogens is 192 g/mol. The first-order valence-corrected chi connectivity index (χ1v) is 7.14. The minimum absolute atomic E-state index is 0.838. The molecule has 0 amide bonds. The number of nitrogens with one attached hydrogen (secondary N) is 1. The summed E-state index contributed by atoms with van der Waals surface area (Å²) in [5.74, 6) is 1.24. The van der Waals surface area contributed by atoms with Gasteiger partial charge >= 0.3 is 0 Å². The second-order valence-corrected chi connectivity index (χ2v) is 5.15. The number of likely N-dealkylation sites (tertiary alicyclic amines) is 1. The van der Waals surface area contributed by atoms with Crippen LogP contribution in [0.25, 0.3) is 0 Å². The molecule has 0 aromatic rings. The van der Waals surface area contributed by atoms with Gasteiger partial charge in [0.25, 0.3) is 0 Å². The van der Waals surface area contributed by atoms with Crippen LogP contribution in [0, 0.1) is 0 Å². The van der Waals surface area contributed by atoms with Gasteiger partial charge in [-0.25, -0.2) is 0 Å². The molecule has 0 aromatic carbocycles. The molecule has 1 unspecified atom stereocenters. The predicted molar refractivity (Wildman–Crippen MR) is 66.1 cm³/mol. The minimum atomic E-state index is 0.838. The SMILES string of the molecule is CSCCNCCC1CCCCN1C. The summed E-state index contributed by atoms with van der Waals surface area (Å²) in [5.41, 5.74) is 0. The van der Waals surface area contributed by atoms with Crippen LogP contribution >= 0.6 is 11.8 Å². The van der Waals surface area contributed by atoms with E-state index in [4.69, 9.17) is 0 Å². The van der Waals surface area contributed by atoms with Gasteiger partial charge in [-0.2, -0.15) is 11.8 Å². The molecule has 0 spiro atoms. The Bertz CT molecular complexity index is 141. The van der Waals surface area contributed by atoms with E-state index in [2.05, 4.69) is 23.5 Å². The highest BCUT2D eigenvalue weighted by molar-refractivity contribution is 7.98. The monoisotopic (exact) mass is 216 g/mol. The average molecular weight is 216 g/mol. The molecule has 2 nitrogen and oxygen atoms in total. The van der Waals surface area contributed by atoms with Crippen molar-refractivity contribution in [3.63, 3.8) is 0 Å². The Morgan fingerprint density at radius 3 is 2.93 bits per heavy atom. The Labute approximate surface area is 92.8 Å². The number of thioether (sulfide) groups is 1. The molecule has 1 N–H and O–H groups in total. The van der Waals surface area contributed by atoms with Gasteiger partial charge in [0.1, 0.15) is 0 Å². The van der Waals surface area contributed by atoms with Crippen LogP contribution in [0.5, 0.6) is 0 Å². The van der Waals surface area contributed by atoms with Gasteiger partial charge in [0.05, 0.1) is 0 Å². The lowest BCUT2D eigenvalue weighted by Crippen LogP contribution is -2.38. The molecule has 1 heterocycles. The highest BCUT2D eigenvalue weighted by Crippen LogP contribution is 2.16. The topological polar surface area (TPSA) is 15.3 Å². The number of piperidine rings is 1. The molecule has 1 fully saturated rings. The molecule has 1 atom stereocenters. The van der Waals surface area contributed by atoms with Crippen molar-refractivity contribution in [3.05, 3.63) is 0 Å². The molecule has 14 heavy (non-hydrogen) atoms. The van der Waals surface area contributed by atoms with Crippen molar-refractivity contribution in [3.8, 4) is 0 Å². The molecule has 0 bridgehead atoms. The lowest BCUT2D eigenvalue weighted by atomic mass is 10.0. The maximum absolute atomic E-state index is 3.51. The summed E-state index contributed by atoms with van der Waals surface area (Å²) in [6.45, 7) is 3.66. The molecule has 1 rings (SSSR count). The molecule has 84 valence electrons. The normalized spacial score (nSPS) is 24.0. The molecule has 3 heteroatoms. The molecule has 0 radical (unpaired) electrons. The van der Waals surface area contributed by atoms with Crippen LogP contribution in [-0.2, 0) is 0 Å². The zero-order valence-electron chi connectivity index (χ0n) is 9.59. The zero-order valence-corrected chi connectivity index (χ0v) is 10.4. The van der Waals surface area contributed by atoms with E-state index in [1.165, 1.54) is 44.5 Å². The van der Waals surface area contributed by atoms with E-state index in [1.54, 1.807) is 0 Å². The van der Waals surface area contributed by atoms with Crippen molar-refractivity contribution in [2.45, 2.75) is 31.7 Å². The molecule has 0 aromatic heterocycles. The average Bonchev–Trinajstić information content (AvgIpc) is 2.20. The first-order valence-electron chi connectivity index (χ1n) is 5.74. The molecule has 1 saturated heterocycles. The van der Waals surface area contributed by atoms with Crippen molar-refractivity contribution in [1.82, 2.24) is 10.2 Å². The smallest absolute Gasteiger partial charge is 0.0104 e. The maximum Gasteiger partial charge on any atom is 0.0104 e. The Morgan fingerprint density at radius 2 is 2.21 bits per heavy atom. The summed E-state index contributed by atoms with van der Waals surface area (Å²) in [7, 11) is 2.27. The van der Waals surface area contributed by atoms with Crippen LogP contribution in [-0.4, -0.2) is 49.6 Å². The fraction of sp³-hybridized carbons (Fsp3) is 1.00.